The molecule has 1 aromatic rings. The van der Waals surface area contributed by atoms with Crippen LogP contribution in [0, 0.1) is 5.41 Å². The molecule has 0 aliphatic heterocycles. The summed E-state index contributed by atoms with van der Waals surface area (Å²) in [7, 11) is 2.13. The average molecular weight is 249 g/mol. The molecule has 0 saturated heterocycles. The van der Waals surface area contributed by atoms with E-state index in [1.54, 1.807) is 0 Å². The van der Waals surface area contributed by atoms with Gasteiger partial charge in [-0.3, -0.25) is 0 Å². The van der Waals surface area contributed by atoms with Crippen molar-refractivity contribution in [1.29, 1.82) is 0 Å². The van der Waals surface area contributed by atoms with Crippen molar-refractivity contribution in [2.45, 2.75) is 53.7 Å². The van der Waals surface area contributed by atoms with Crippen LogP contribution in [0.25, 0.3) is 0 Å². The number of nitrogens with zero attached hydrogens (tertiary/aromatic N) is 1. The molecule has 0 bridgehead atoms. The number of benzene rings is 1. The molecule has 1 aromatic carbocycles. The van der Waals surface area contributed by atoms with Gasteiger partial charge in [0.25, 0.3) is 0 Å². The maximum Gasteiger partial charge on any atom is 0.0681 e. The molecule has 0 aliphatic carbocycles. The van der Waals surface area contributed by atoms with Crippen molar-refractivity contribution >= 4 is 5.69 Å². The minimum absolute atomic E-state index is 0.114. The molecular formula is C16H27NO. The molecule has 0 radical (unpaired) electrons. The first kappa shape index (κ1) is 15.0. The Kier molecular flexibility index (Phi) is 4.80. The highest BCUT2D eigenvalue weighted by atomic mass is 16.3. The van der Waals surface area contributed by atoms with E-state index in [1.807, 2.05) is 6.07 Å². The lowest BCUT2D eigenvalue weighted by molar-refractivity contribution is 0.281. The van der Waals surface area contributed by atoms with E-state index >= 15 is 0 Å². The van der Waals surface area contributed by atoms with E-state index in [1.165, 1.54) is 11.3 Å². The van der Waals surface area contributed by atoms with Gasteiger partial charge in [-0.05, 0) is 42.9 Å². The summed E-state index contributed by atoms with van der Waals surface area (Å²) < 4.78 is 0. The summed E-state index contributed by atoms with van der Waals surface area (Å²) in [5.41, 5.74) is 3.85. The summed E-state index contributed by atoms with van der Waals surface area (Å²) >= 11 is 0. The second-order valence-corrected chi connectivity index (χ2v) is 6.56. The third kappa shape index (κ3) is 4.02. The van der Waals surface area contributed by atoms with Crippen LogP contribution in [-0.2, 0) is 13.0 Å². The van der Waals surface area contributed by atoms with E-state index in [9.17, 15) is 5.11 Å². The highest BCUT2D eigenvalue weighted by molar-refractivity contribution is 5.55. The molecule has 0 aromatic heterocycles. The van der Waals surface area contributed by atoms with Crippen LogP contribution in [0.15, 0.2) is 18.2 Å². The van der Waals surface area contributed by atoms with Crippen LogP contribution in [0.3, 0.4) is 0 Å². The Hall–Kier alpha value is -1.02. The van der Waals surface area contributed by atoms with Gasteiger partial charge in [-0.15, -0.1) is 0 Å². The molecule has 0 aliphatic rings. The first-order chi connectivity index (χ1) is 8.24. The van der Waals surface area contributed by atoms with Crippen LogP contribution in [0.4, 0.5) is 5.69 Å². The third-order valence-electron chi connectivity index (χ3n) is 3.20. The van der Waals surface area contributed by atoms with E-state index in [-0.39, 0.29) is 12.0 Å². The summed E-state index contributed by atoms with van der Waals surface area (Å²) in [4.78, 5) is 2.29. The average Bonchev–Trinajstić information content (AvgIpc) is 2.25. The first-order valence-corrected chi connectivity index (χ1v) is 6.70. The van der Waals surface area contributed by atoms with Gasteiger partial charge in [0, 0.05) is 18.8 Å². The van der Waals surface area contributed by atoms with Gasteiger partial charge in [-0.25, -0.2) is 0 Å². The standard InChI is InChI=1S/C16H27NO/c1-12(2)17(6)15-8-7-13(11-18)9-14(15)10-16(3,4)5/h7-9,12,18H,10-11H2,1-6H3. The first-order valence-electron chi connectivity index (χ1n) is 6.70. The second-order valence-electron chi connectivity index (χ2n) is 6.56. The van der Waals surface area contributed by atoms with Crippen molar-refractivity contribution in [3.05, 3.63) is 29.3 Å². The van der Waals surface area contributed by atoms with Crippen molar-refractivity contribution in [2.75, 3.05) is 11.9 Å². The summed E-state index contributed by atoms with van der Waals surface area (Å²) in [5.74, 6) is 0. The zero-order valence-electron chi connectivity index (χ0n) is 12.6. The fourth-order valence-electron chi connectivity index (χ4n) is 2.07. The van der Waals surface area contributed by atoms with Gasteiger partial charge >= 0.3 is 0 Å². The zero-order chi connectivity index (χ0) is 13.9. The van der Waals surface area contributed by atoms with E-state index < -0.39 is 0 Å². The minimum atomic E-state index is 0.114. The summed E-state index contributed by atoms with van der Waals surface area (Å²) in [6.07, 6.45) is 1.02. The molecule has 1 N–H and O–H groups in total. The zero-order valence-corrected chi connectivity index (χ0v) is 12.6. The van der Waals surface area contributed by atoms with Gasteiger partial charge in [0.05, 0.1) is 6.61 Å². The number of hydrogen-bond acceptors (Lipinski definition) is 2. The summed E-state index contributed by atoms with van der Waals surface area (Å²) in [6, 6.07) is 6.76. The third-order valence-corrected chi connectivity index (χ3v) is 3.20. The van der Waals surface area contributed by atoms with Crippen molar-refractivity contribution < 1.29 is 5.11 Å². The topological polar surface area (TPSA) is 23.5 Å². The molecule has 0 heterocycles. The molecule has 0 fully saturated rings. The molecule has 102 valence electrons. The molecule has 0 unspecified atom stereocenters. The summed E-state index contributed by atoms with van der Waals surface area (Å²) in [6.45, 7) is 11.2. The fraction of sp³-hybridized carbons (Fsp3) is 0.625. The van der Waals surface area contributed by atoms with E-state index in [2.05, 4.69) is 58.7 Å². The second kappa shape index (κ2) is 5.75. The molecule has 0 atom stereocenters. The molecule has 18 heavy (non-hydrogen) atoms. The number of anilines is 1. The number of aliphatic hydroxyl groups is 1. The molecular weight excluding hydrogens is 222 g/mol. The van der Waals surface area contributed by atoms with Crippen LogP contribution < -0.4 is 4.90 Å². The predicted octanol–water partition coefficient (Wildman–Crippen LogP) is 3.61. The van der Waals surface area contributed by atoms with Gasteiger partial charge in [0.2, 0.25) is 0 Å². The van der Waals surface area contributed by atoms with Crippen molar-refractivity contribution in [3.63, 3.8) is 0 Å². The quantitative estimate of drug-likeness (QED) is 0.881. The van der Waals surface area contributed by atoms with Crippen LogP contribution in [-0.4, -0.2) is 18.2 Å². The lowest BCUT2D eigenvalue weighted by Gasteiger charge is -2.29. The van der Waals surface area contributed by atoms with Gasteiger partial charge in [0.1, 0.15) is 0 Å². The Balaban J connectivity index is 3.16. The smallest absolute Gasteiger partial charge is 0.0681 e. The van der Waals surface area contributed by atoms with E-state index in [0.717, 1.165) is 12.0 Å². The van der Waals surface area contributed by atoms with Crippen molar-refractivity contribution in [3.8, 4) is 0 Å². The number of rotatable bonds is 4. The van der Waals surface area contributed by atoms with Crippen LogP contribution in [0.2, 0.25) is 0 Å². The molecule has 2 nitrogen and oxygen atoms in total. The maximum atomic E-state index is 9.29. The molecule has 0 spiro atoms. The Bertz CT molecular complexity index is 391. The van der Waals surface area contributed by atoms with Gasteiger partial charge in [-0.2, -0.15) is 0 Å². The molecule has 1 rings (SSSR count). The Labute approximate surface area is 112 Å². The molecule has 0 saturated carbocycles. The normalized spacial score (nSPS) is 12.0. The maximum absolute atomic E-state index is 9.29. The predicted molar refractivity (Wildman–Crippen MR) is 79.1 cm³/mol. The Morgan fingerprint density at radius 1 is 1.22 bits per heavy atom. The lowest BCUT2D eigenvalue weighted by atomic mass is 9.86. The van der Waals surface area contributed by atoms with Crippen LogP contribution in [0.5, 0.6) is 0 Å². The van der Waals surface area contributed by atoms with Gasteiger partial charge < -0.3 is 10.0 Å². The van der Waals surface area contributed by atoms with Crippen LogP contribution >= 0.6 is 0 Å². The Morgan fingerprint density at radius 2 is 1.83 bits per heavy atom. The van der Waals surface area contributed by atoms with E-state index in [4.69, 9.17) is 0 Å². The highest BCUT2D eigenvalue weighted by Crippen LogP contribution is 2.29. The SMILES string of the molecule is CC(C)N(C)c1ccc(CO)cc1CC(C)(C)C. The number of hydrogen-bond donors (Lipinski definition) is 1. The monoisotopic (exact) mass is 249 g/mol. The Morgan fingerprint density at radius 3 is 2.28 bits per heavy atom. The number of aliphatic hydroxyl groups excluding tert-OH is 1. The lowest BCUT2D eigenvalue weighted by Crippen LogP contribution is -2.27. The van der Waals surface area contributed by atoms with E-state index in [0.29, 0.717) is 6.04 Å². The van der Waals surface area contributed by atoms with Crippen molar-refractivity contribution in [1.82, 2.24) is 0 Å². The fourth-order valence-corrected chi connectivity index (χ4v) is 2.07. The minimum Gasteiger partial charge on any atom is -0.392 e. The summed E-state index contributed by atoms with van der Waals surface area (Å²) in [5, 5.41) is 9.29. The van der Waals surface area contributed by atoms with Gasteiger partial charge in [-0.1, -0.05) is 32.9 Å². The molecule has 2 heteroatoms. The van der Waals surface area contributed by atoms with Gasteiger partial charge in [0.15, 0.2) is 0 Å². The van der Waals surface area contributed by atoms with Crippen molar-refractivity contribution in [2.24, 2.45) is 5.41 Å². The molecule has 0 amide bonds. The largest absolute Gasteiger partial charge is 0.392 e. The highest BCUT2D eigenvalue weighted by Gasteiger charge is 2.17. The van der Waals surface area contributed by atoms with Crippen LogP contribution in [0.1, 0.15) is 45.7 Å².